The van der Waals surface area contributed by atoms with Crippen molar-refractivity contribution in [1.29, 1.82) is 0 Å². The van der Waals surface area contributed by atoms with Crippen LogP contribution in [0.5, 0.6) is 0 Å². The predicted molar refractivity (Wildman–Crippen MR) is 96.1 cm³/mol. The van der Waals surface area contributed by atoms with E-state index in [0.29, 0.717) is 13.1 Å². The highest BCUT2D eigenvalue weighted by molar-refractivity contribution is 5.79. The van der Waals surface area contributed by atoms with Crippen LogP contribution in [0.1, 0.15) is 31.9 Å². The lowest BCUT2D eigenvalue weighted by Crippen LogP contribution is -2.37. The SMILES string of the molecule is C=CCNC(=NCc1ccccc1CN(CC)CC)NCC. The van der Waals surface area contributed by atoms with Gasteiger partial charge in [-0.05, 0) is 31.1 Å². The van der Waals surface area contributed by atoms with Gasteiger partial charge in [0, 0.05) is 19.6 Å². The average Bonchev–Trinajstić information content (AvgIpc) is 2.56. The number of rotatable bonds is 9. The first-order valence-corrected chi connectivity index (χ1v) is 8.17. The molecule has 1 rings (SSSR count). The third-order valence-corrected chi connectivity index (χ3v) is 3.57. The Morgan fingerprint density at radius 3 is 2.41 bits per heavy atom. The van der Waals surface area contributed by atoms with Gasteiger partial charge in [0.2, 0.25) is 0 Å². The normalized spacial score (nSPS) is 11.5. The first-order valence-electron chi connectivity index (χ1n) is 8.17. The van der Waals surface area contributed by atoms with Gasteiger partial charge in [-0.15, -0.1) is 6.58 Å². The van der Waals surface area contributed by atoms with Crippen LogP contribution in [0.3, 0.4) is 0 Å². The van der Waals surface area contributed by atoms with Crippen LogP contribution in [0.4, 0.5) is 0 Å². The Morgan fingerprint density at radius 1 is 1.14 bits per heavy atom. The maximum Gasteiger partial charge on any atom is 0.191 e. The largest absolute Gasteiger partial charge is 0.357 e. The predicted octanol–water partition coefficient (Wildman–Crippen LogP) is 2.77. The Hall–Kier alpha value is -1.81. The molecule has 0 aliphatic carbocycles. The molecule has 0 saturated carbocycles. The molecule has 0 saturated heterocycles. The number of nitrogens with one attached hydrogen (secondary N) is 2. The molecule has 0 bridgehead atoms. The lowest BCUT2D eigenvalue weighted by Gasteiger charge is -2.20. The second-order valence-electron chi connectivity index (χ2n) is 5.09. The van der Waals surface area contributed by atoms with Crippen molar-refractivity contribution in [3.05, 3.63) is 48.0 Å². The summed E-state index contributed by atoms with van der Waals surface area (Å²) in [5.74, 6) is 0.833. The Bertz CT molecular complexity index is 464. The molecule has 0 spiro atoms. The van der Waals surface area contributed by atoms with Crippen LogP contribution in [0, 0.1) is 0 Å². The van der Waals surface area contributed by atoms with E-state index in [2.05, 4.69) is 72.1 Å². The fraction of sp³-hybridized carbons (Fsp3) is 0.500. The summed E-state index contributed by atoms with van der Waals surface area (Å²) in [6.45, 7) is 15.6. The summed E-state index contributed by atoms with van der Waals surface area (Å²) in [5, 5.41) is 6.48. The van der Waals surface area contributed by atoms with Gasteiger partial charge in [0.15, 0.2) is 5.96 Å². The van der Waals surface area contributed by atoms with E-state index >= 15 is 0 Å². The van der Waals surface area contributed by atoms with Crippen LogP contribution < -0.4 is 10.6 Å². The quantitative estimate of drug-likeness (QED) is 0.418. The van der Waals surface area contributed by atoms with Crippen molar-refractivity contribution in [3.8, 4) is 0 Å². The molecule has 0 aliphatic rings. The van der Waals surface area contributed by atoms with Crippen LogP contribution in [-0.4, -0.2) is 37.0 Å². The zero-order chi connectivity index (χ0) is 16.2. The zero-order valence-corrected chi connectivity index (χ0v) is 14.2. The van der Waals surface area contributed by atoms with Gasteiger partial charge >= 0.3 is 0 Å². The monoisotopic (exact) mass is 302 g/mol. The van der Waals surface area contributed by atoms with Gasteiger partial charge in [-0.2, -0.15) is 0 Å². The summed E-state index contributed by atoms with van der Waals surface area (Å²) in [4.78, 5) is 7.09. The van der Waals surface area contributed by atoms with Crippen molar-refractivity contribution < 1.29 is 0 Å². The first kappa shape index (κ1) is 18.2. The van der Waals surface area contributed by atoms with Crippen molar-refractivity contribution in [1.82, 2.24) is 15.5 Å². The maximum absolute atomic E-state index is 4.67. The molecule has 0 heterocycles. The Labute approximate surface area is 135 Å². The molecule has 0 fully saturated rings. The van der Waals surface area contributed by atoms with Gasteiger partial charge in [-0.1, -0.05) is 44.2 Å². The van der Waals surface area contributed by atoms with Gasteiger partial charge in [-0.25, -0.2) is 4.99 Å². The summed E-state index contributed by atoms with van der Waals surface area (Å²) >= 11 is 0. The van der Waals surface area contributed by atoms with Crippen LogP contribution in [0.15, 0.2) is 41.9 Å². The Balaban J connectivity index is 2.80. The fourth-order valence-electron chi connectivity index (χ4n) is 2.23. The molecule has 0 unspecified atom stereocenters. The maximum atomic E-state index is 4.67. The Morgan fingerprint density at radius 2 is 1.82 bits per heavy atom. The van der Waals surface area contributed by atoms with Gasteiger partial charge in [0.05, 0.1) is 6.54 Å². The number of nitrogens with zero attached hydrogens (tertiary/aromatic N) is 2. The van der Waals surface area contributed by atoms with E-state index in [1.54, 1.807) is 0 Å². The van der Waals surface area contributed by atoms with E-state index in [0.717, 1.165) is 32.1 Å². The number of benzene rings is 1. The fourth-order valence-corrected chi connectivity index (χ4v) is 2.23. The molecule has 0 aliphatic heterocycles. The molecular formula is C18H30N4. The van der Waals surface area contributed by atoms with E-state index in [1.807, 2.05) is 6.08 Å². The van der Waals surface area contributed by atoms with Crippen molar-refractivity contribution in [2.75, 3.05) is 26.2 Å². The number of guanidine groups is 1. The molecule has 22 heavy (non-hydrogen) atoms. The molecular weight excluding hydrogens is 272 g/mol. The summed E-state index contributed by atoms with van der Waals surface area (Å²) in [7, 11) is 0. The number of hydrogen-bond acceptors (Lipinski definition) is 2. The third-order valence-electron chi connectivity index (χ3n) is 3.57. The molecule has 4 heteroatoms. The van der Waals surface area contributed by atoms with E-state index in [4.69, 9.17) is 0 Å². The molecule has 0 aromatic heterocycles. The molecule has 122 valence electrons. The van der Waals surface area contributed by atoms with Crippen LogP contribution in [0.25, 0.3) is 0 Å². The van der Waals surface area contributed by atoms with Gasteiger partial charge in [-0.3, -0.25) is 4.90 Å². The van der Waals surface area contributed by atoms with Crippen LogP contribution in [0.2, 0.25) is 0 Å². The van der Waals surface area contributed by atoms with E-state index in [1.165, 1.54) is 11.1 Å². The Kier molecular flexibility index (Phi) is 9.00. The second-order valence-corrected chi connectivity index (χ2v) is 5.09. The second kappa shape index (κ2) is 10.9. The minimum absolute atomic E-state index is 0.684. The topological polar surface area (TPSA) is 39.7 Å². The molecule has 1 aromatic carbocycles. The van der Waals surface area contributed by atoms with Crippen LogP contribution >= 0.6 is 0 Å². The molecule has 0 atom stereocenters. The van der Waals surface area contributed by atoms with Crippen molar-refractivity contribution >= 4 is 5.96 Å². The van der Waals surface area contributed by atoms with Crippen LogP contribution in [-0.2, 0) is 13.1 Å². The lowest BCUT2D eigenvalue weighted by molar-refractivity contribution is 0.295. The zero-order valence-electron chi connectivity index (χ0n) is 14.2. The highest BCUT2D eigenvalue weighted by Gasteiger charge is 2.06. The number of hydrogen-bond donors (Lipinski definition) is 2. The molecule has 0 radical (unpaired) electrons. The van der Waals surface area contributed by atoms with Crippen molar-refractivity contribution in [2.45, 2.75) is 33.9 Å². The van der Waals surface area contributed by atoms with Gasteiger partial charge in [0.1, 0.15) is 0 Å². The van der Waals surface area contributed by atoms with Crippen molar-refractivity contribution in [3.63, 3.8) is 0 Å². The average molecular weight is 302 g/mol. The molecule has 0 amide bonds. The highest BCUT2D eigenvalue weighted by atomic mass is 15.2. The van der Waals surface area contributed by atoms with Gasteiger partial charge < -0.3 is 10.6 Å². The minimum Gasteiger partial charge on any atom is -0.357 e. The lowest BCUT2D eigenvalue weighted by atomic mass is 10.1. The molecule has 2 N–H and O–H groups in total. The first-order chi connectivity index (χ1) is 10.7. The summed E-state index contributed by atoms with van der Waals surface area (Å²) in [6, 6.07) is 8.56. The molecule has 4 nitrogen and oxygen atoms in total. The summed E-state index contributed by atoms with van der Waals surface area (Å²) < 4.78 is 0. The van der Waals surface area contributed by atoms with E-state index in [-0.39, 0.29) is 0 Å². The van der Waals surface area contributed by atoms with Gasteiger partial charge in [0.25, 0.3) is 0 Å². The smallest absolute Gasteiger partial charge is 0.191 e. The minimum atomic E-state index is 0.684. The van der Waals surface area contributed by atoms with Crippen molar-refractivity contribution in [2.24, 2.45) is 4.99 Å². The number of aliphatic imine (C=N–C) groups is 1. The summed E-state index contributed by atoms with van der Waals surface area (Å²) in [5.41, 5.74) is 2.64. The van der Waals surface area contributed by atoms with E-state index < -0.39 is 0 Å². The van der Waals surface area contributed by atoms with E-state index in [9.17, 15) is 0 Å². The molecule has 1 aromatic rings. The summed E-state index contributed by atoms with van der Waals surface area (Å²) in [6.07, 6.45) is 1.83. The third kappa shape index (κ3) is 6.31. The highest BCUT2D eigenvalue weighted by Crippen LogP contribution is 2.13. The standard InChI is InChI=1S/C18H30N4/c1-5-13-20-18(19-6-2)21-14-16-11-9-10-12-17(16)15-22(7-3)8-4/h5,9-12H,1,6-8,13-15H2,2-4H3,(H2,19,20,21).